The van der Waals surface area contributed by atoms with E-state index in [9.17, 15) is 21.6 Å². The molecule has 0 bridgehead atoms. The molecule has 0 aliphatic carbocycles. The third kappa shape index (κ3) is 4.84. The van der Waals surface area contributed by atoms with Crippen LogP contribution in [0.1, 0.15) is 55.1 Å². The first-order valence-corrected chi connectivity index (χ1v) is 11.4. The van der Waals surface area contributed by atoms with Crippen LogP contribution in [0.25, 0.3) is 0 Å². The summed E-state index contributed by atoms with van der Waals surface area (Å²) >= 11 is 0. The number of hydrogen-bond donors (Lipinski definition) is 0. The zero-order valence-corrected chi connectivity index (χ0v) is 17.9. The SMILES string of the molecule is CCN(CC)S(=O)(=O)N1CCCC1c1ccc(Cc2cccc(C(F)(F)F)c2)cn1. The molecular weight excluding hydrogens is 415 g/mol. The molecule has 0 saturated carbocycles. The van der Waals surface area contributed by atoms with Crippen molar-refractivity contribution >= 4 is 10.2 Å². The predicted octanol–water partition coefficient (Wildman–Crippen LogP) is 4.41. The van der Waals surface area contributed by atoms with Crippen LogP contribution >= 0.6 is 0 Å². The van der Waals surface area contributed by atoms with E-state index in [1.165, 1.54) is 14.7 Å². The van der Waals surface area contributed by atoms with Crippen molar-refractivity contribution in [3.8, 4) is 0 Å². The lowest BCUT2D eigenvalue weighted by molar-refractivity contribution is -0.137. The lowest BCUT2D eigenvalue weighted by Gasteiger charge is -2.29. The summed E-state index contributed by atoms with van der Waals surface area (Å²) < 4.78 is 67.5. The molecule has 0 spiro atoms. The topological polar surface area (TPSA) is 53.5 Å². The van der Waals surface area contributed by atoms with Crippen LogP contribution in [0.3, 0.4) is 0 Å². The van der Waals surface area contributed by atoms with Gasteiger partial charge >= 0.3 is 6.18 Å². The van der Waals surface area contributed by atoms with E-state index in [-0.39, 0.29) is 6.04 Å². The van der Waals surface area contributed by atoms with Gasteiger partial charge in [-0.1, -0.05) is 38.1 Å². The van der Waals surface area contributed by atoms with Gasteiger partial charge in [-0.3, -0.25) is 4.98 Å². The predicted molar refractivity (Wildman–Crippen MR) is 109 cm³/mol. The zero-order chi connectivity index (χ0) is 21.9. The Morgan fingerprint density at radius 3 is 2.47 bits per heavy atom. The average Bonchev–Trinajstić information content (AvgIpc) is 3.20. The van der Waals surface area contributed by atoms with Gasteiger partial charge in [0.05, 0.1) is 17.3 Å². The maximum atomic E-state index is 12.9. The van der Waals surface area contributed by atoms with E-state index in [4.69, 9.17) is 0 Å². The Kier molecular flexibility index (Phi) is 6.84. The van der Waals surface area contributed by atoms with Crippen LogP contribution < -0.4 is 0 Å². The number of rotatable bonds is 7. The second-order valence-electron chi connectivity index (χ2n) is 7.33. The Bertz CT molecular complexity index is 958. The second kappa shape index (κ2) is 9.03. The summed E-state index contributed by atoms with van der Waals surface area (Å²) in [5, 5.41) is 0. The molecule has 1 atom stereocenters. The van der Waals surface area contributed by atoms with Gasteiger partial charge in [0.1, 0.15) is 0 Å². The fourth-order valence-electron chi connectivity index (χ4n) is 3.84. The quantitative estimate of drug-likeness (QED) is 0.639. The van der Waals surface area contributed by atoms with Gasteiger partial charge in [-0.15, -0.1) is 0 Å². The highest BCUT2D eigenvalue weighted by molar-refractivity contribution is 7.86. The largest absolute Gasteiger partial charge is 0.416 e. The molecule has 0 N–H and O–H groups in total. The number of pyridine rings is 1. The molecule has 9 heteroatoms. The van der Waals surface area contributed by atoms with Crippen LogP contribution in [0.4, 0.5) is 13.2 Å². The van der Waals surface area contributed by atoms with Gasteiger partial charge in [0.15, 0.2) is 0 Å². The molecule has 30 heavy (non-hydrogen) atoms. The number of aromatic nitrogens is 1. The monoisotopic (exact) mass is 441 g/mol. The standard InChI is InChI=1S/C21H26F3N3O2S/c1-3-26(4-2)30(28,29)27-12-6-9-20(27)19-11-10-17(15-25-19)13-16-7-5-8-18(14-16)21(22,23)24/h5,7-8,10-11,14-15,20H,3-4,6,9,12-13H2,1-2H3. The first-order valence-electron chi connectivity index (χ1n) is 10.0. The molecule has 1 aliphatic rings. The van der Waals surface area contributed by atoms with E-state index in [0.717, 1.165) is 24.1 Å². The fraction of sp³-hybridized carbons (Fsp3) is 0.476. The van der Waals surface area contributed by atoms with Gasteiger partial charge in [-0.2, -0.15) is 30.2 Å². The molecule has 2 heterocycles. The van der Waals surface area contributed by atoms with E-state index in [2.05, 4.69) is 4.98 Å². The summed E-state index contributed by atoms with van der Waals surface area (Å²) in [6, 6.07) is 8.51. The van der Waals surface area contributed by atoms with E-state index in [0.29, 0.717) is 43.7 Å². The van der Waals surface area contributed by atoms with Gasteiger partial charge in [-0.25, -0.2) is 0 Å². The highest BCUT2D eigenvalue weighted by atomic mass is 32.2. The Morgan fingerprint density at radius 1 is 1.13 bits per heavy atom. The van der Waals surface area contributed by atoms with Gasteiger partial charge in [-0.05, 0) is 42.5 Å². The van der Waals surface area contributed by atoms with Crippen molar-refractivity contribution in [3.05, 3.63) is 65.0 Å². The summed E-state index contributed by atoms with van der Waals surface area (Å²) in [6.45, 7) is 4.90. The zero-order valence-electron chi connectivity index (χ0n) is 17.1. The van der Waals surface area contributed by atoms with Crippen molar-refractivity contribution < 1.29 is 21.6 Å². The van der Waals surface area contributed by atoms with Crippen molar-refractivity contribution in [1.82, 2.24) is 13.6 Å². The third-order valence-electron chi connectivity index (χ3n) is 5.38. The Labute approximate surface area is 175 Å². The van der Waals surface area contributed by atoms with Crippen molar-refractivity contribution in [3.63, 3.8) is 0 Å². The number of benzene rings is 1. The lowest BCUT2D eigenvalue weighted by atomic mass is 10.0. The third-order valence-corrected chi connectivity index (χ3v) is 7.58. The van der Waals surface area contributed by atoms with Gasteiger partial charge in [0, 0.05) is 25.8 Å². The number of halogens is 3. The fourth-order valence-corrected chi connectivity index (χ4v) is 5.69. The van der Waals surface area contributed by atoms with E-state index in [1.807, 2.05) is 19.9 Å². The molecule has 1 saturated heterocycles. The number of nitrogens with zero attached hydrogens (tertiary/aromatic N) is 3. The summed E-state index contributed by atoms with van der Waals surface area (Å²) in [7, 11) is -3.56. The molecule has 0 amide bonds. The minimum Gasteiger partial charge on any atom is -0.259 e. The van der Waals surface area contributed by atoms with Crippen LogP contribution in [0.2, 0.25) is 0 Å². The second-order valence-corrected chi connectivity index (χ2v) is 9.21. The van der Waals surface area contributed by atoms with Gasteiger partial charge < -0.3 is 0 Å². The molecule has 5 nitrogen and oxygen atoms in total. The van der Waals surface area contributed by atoms with E-state index < -0.39 is 21.9 Å². The number of alkyl halides is 3. The molecule has 1 aromatic heterocycles. The molecule has 0 radical (unpaired) electrons. The van der Waals surface area contributed by atoms with E-state index >= 15 is 0 Å². The van der Waals surface area contributed by atoms with Crippen LogP contribution in [0, 0.1) is 0 Å². The summed E-state index contributed by atoms with van der Waals surface area (Å²) in [4.78, 5) is 4.46. The molecular formula is C21H26F3N3O2S. The van der Waals surface area contributed by atoms with Crippen molar-refractivity contribution in [2.75, 3.05) is 19.6 Å². The molecule has 1 aliphatic heterocycles. The molecule has 2 aromatic rings. The highest BCUT2D eigenvalue weighted by Crippen LogP contribution is 2.34. The summed E-state index contributed by atoms with van der Waals surface area (Å²) in [6.07, 6.45) is -0.973. The summed E-state index contributed by atoms with van der Waals surface area (Å²) in [5.41, 5.74) is 1.31. The maximum absolute atomic E-state index is 12.9. The molecule has 1 aromatic carbocycles. The molecule has 1 unspecified atom stereocenters. The summed E-state index contributed by atoms with van der Waals surface area (Å²) in [5.74, 6) is 0. The minimum absolute atomic E-state index is 0.321. The molecule has 1 fully saturated rings. The average molecular weight is 442 g/mol. The normalized spacial score (nSPS) is 18.3. The molecule has 3 rings (SSSR count). The van der Waals surface area contributed by atoms with E-state index in [1.54, 1.807) is 18.3 Å². The molecule has 164 valence electrons. The van der Waals surface area contributed by atoms with Crippen molar-refractivity contribution in [2.24, 2.45) is 0 Å². The highest BCUT2D eigenvalue weighted by Gasteiger charge is 2.38. The first-order chi connectivity index (χ1) is 14.2. The van der Waals surface area contributed by atoms with Crippen LogP contribution in [-0.2, 0) is 22.8 Å². The van der Waals surface area contributed by atoms with Crippen LogP contribution in [-0.4, -0.2) is 41.6 Å². The van der Waals surface area contributed by atoms with Gasteiger partial charge in [0.2, 0.25) is 0 Å². The lowest BCUT2D eigenvalue weighted by Crippen LogP contribution is -2.43. The Hall–Kier alpha value is -1.97. The van der Waals surface area contributed by atoms with Crippen molar-refractivity contribution in [1.29, 1.82) is 0 Å². The minimum atomic E-state index is -4.37. The van der Waals surface area contributed by atoms with Crippen LogP contribution in [0.5, 0.6) is 0 Å². The smallest absolute Gasteiger partial charge is 0.259 e. The Morgan fingerprint density at radius 2 is 1.87 bits per heavy atom. The first kappa shape index (κ1) is 22.7. The van der Waals surface area contributed by atoms with Gasteiger partial charge in [0.25, 0.3) is 10.2 Å². The maximum Gasteiger partial charge on any atom is 0.416 e. The Balaban J connectivity index is 1.77. The van der Waals surface area contributed by atoms with Crippen LogP contribution in [0.15, 0.2) is 42.6 Å². The van der Waals surface area contributed by atoms with Crippen molar-refractivity contribution in [2.45, 2.75) is 45.3 Å². The number of hydrogen-bond acceptors (Lipinski definition) is 3.